The molecule has 3 aromatic rings. The first-order valence-corrected chi connectivity index (χ1v) is 11.5. The molecule has 2 amide bonds. The number of piperidine rings is 1. The van der Waals surface area contributed by atoms with Gasteiger partial charge >= 0.3 is 0 Å². The Morgan fingerprint density at radius 3 is 2.74 bits per heavy atom. The minimum Gasteiger partial charge on any atom is -0.383 e. The van der Waals surface area contributed by atoms with Crippen molar-refractivity contribution >= 4 is 50.1 Å². The molecule has 8 heteroatoms. The first-order valence-electron chi connectivity index (χ1n) is 10.3. The number of benzene rings is 2. The zero-order chi connectivity index (χ0) is 21.8. The summed E-state index contributed by atoms with van der Waals surface area (Å²) < 4.78 is 6.28. The van der Waals surface area contributed by atoms with E-state index in [0.717, 1.165) is 23.1 Å². The Bertz CT molecular complexity index is 1040. The van der Waals surface area contributed by atoms with Crippen molar-refractivity contribution in [2.24, 2.45) is 5.92 Å². The molecule has 6 nitrogen and oxygen atoms in total. The van der Waals surface area contributed by atoms with Gasteiger partial charge in [-0.2, -0.15) is 0 Å². The standard InChI is InChI=1S/C23H24ClN3O3S/c1-30-14-13-27(23-25-19-6-2-3-7-20(19)31-23)22(29)17-5-4-12-26(15-17)21(28)16-8-10-18(24)11-9-16/h2-3,6-11,17H,4-5,12-15H2,1H3. The molecule has 1 saturated heterocycles. The molecule has 1 aliphatic rings. The number of hydrogen-bond donors (Lipinski definition) is 0. The van der Waals surface area contributed by atoms with E-state index in [9.17, 15) is 9.59 Å². The van der Waals surface area contributed by atoms with Crippen molar-refractivity contribution in [3.8, 4) is 0 Å². The molecule has 162 valence electrons. The maximum Gasteiger partial charge on any atom is 0.253 e. The number of halogens is 1. The molecule has 0 radical (unpaired) electrons. The molecule has 0 bridgehead atoms. The highest BCUT2D eigenvalue weighted by molar-refractivity contribution is 7.22. The molecular formula is C23H24ClN3O3S. The number of carbonyl (C=O) groups excluding carboxylic acids is 2. The molecule has 31 heavy (non-hydrogen) atoms. The van der Waals surface area contributed by atoms with E-state index >= 15 is 0 Å². The van der Waals surface area contributed by atoms with Crippen molar-refractivity contribution in [3.63, 3.8) is 0 Å². The number of amides is 2. The fourth-order valence-corrected chi connectivity index (χ4v) is 4.94. The monoisotopic (exact) mass is 457 g/mol. The van der Waals surface area contributed by atoms with Gasteiger partial charge in [-0.3, -0.25) is 14.5 Å². The first kappa shape index (κ1) is 21.7. The summed E-state index contributed by atoms with van der Waals surface area (Å²) in [6, 6.07) is 14.7. The second kappa shape index (κ2) is 9.77. The van der Waals surface area contributed by atoms with Crippen LogP contribution >= 0.6 is 22.9 Å². The third-order valence-electron chi connectivity index (χ3n) is 5.45. The van der Waals surface area contributed by atoms with Gasteiger partial charge < -0.3 is 9.64 Å². The van der Waals surface area contributed by atoms with Crippen LogP contribution in [0.25, 0.3) is 10.2 Å². The van der Waals surface area contributed by atoms with Crippen LogP contribution in [0.15, 0.2) is 48.5 Å². The lowest BCUT2D eigenvalue weighted by Crippen LogP contribution is -2.47. The van der Waals surface area contributed by atoms with E-state index in [1.165, 1.54) is 11.3 Å². The van der Waals surface area contributed by atoms with Crippen LogP contribution in [0, 0.1) is 5.92 Å². The highest BCUT2D eigenvalue weighted by Crippen LogP contribution is 2.31. The molecule has 0 saturated carbocycles. The predicted octanol–water partition coefficient (Wildman–Crippen LogP) is 4.48. The lowest BCUT2D eigenvalue weighted by molar-refractivity contribution is -0.123. The molecule has 1 aliphatic heterocycles. The summed E-state index contributed by atoms with van der Waals surface area (Å²) in [5.74, 6) is -0.351. The van der Waals surface area contributed by atoms with Gasteiger partial charge in [0.15, 0.2) is 5.13 Å². The summed E-state index contributed by atoms with van der Waals surface area (Å²) in [4.78, 5) is 34.6. The van der Waals surface area contributed by atoms with Crippen LogP contribution in [-0.2, 0) is 9.53 Å². The minimum absolute atomic E-state index is 0.00953. The van der Waals surface area contributed by atoms with Gasteiger partial charge in [-0.15, -0.1) is 0 Å². The number of carbonyl (C=O) groups is 2. The number of methoxy groups -OCH3 is 1. The van der Waals surface area contributed by atoms with Crippen LogP contribution in [0.2, 0.25) is 5.02 Å². The predicted molar refractivity (Wildman–Crippen MR) is 124 cm³/mol. The summed E-state index contributed by atoms with van der Waals surface area (Å²) >= 11 is 7.44. The Labute approximate surface area is 190 Å². The second-order valence-corrected chi connectivity index (χ2v) is 8.99. The zero-order valence-corrected chi connectivity index (χ0v) is 18.9. The maximum atomic E-state index is 13.5. The van der Waals surface area contributed by atoms with Gasteiger partial charge in [0.2, 0.25) is 5.91 Å². The van der Waals surface area contributed by atoms with E-state index in [1.54, 1.807) is 41.2 Å². The average Bonchev–Trinajstić information content (AvgIpc) is 3.23. The number of thiazole rings is 1. The van der Waals surface area contributed by atoms with E-state index in [4.69, 9.17) is 16.3 Å². The third-order valence-corrected chi connectivity index (χ3v) is 6.76. The van der Waals surface area contributed by atoms with Crippen LogP contribution < -0.4 is 4.90 Å². The number of fused-ring (bicyclic) bond motifs is 1. The van der Waals surface area contributed by atoms with Crippen LogP contribution in [0.3, 0.4) is 0 Å². The van der Waals surface area contributed by atoms with Gasteiger partial charge in [-0.1, -0.05) is 35.1 Å². The topological polar surface area (TPSA) is 62.7 Å². The summed E-state index contributed by atoms with van der Waals surface area (Å²) in [7, 11) is 1.62. The number of para-hydroxylation sites is 1. The lowest BCUT2D eigenvalue weighted by Gasteiger charge is -2.34. The van der Waals surface area contributed by atoms with Crippen LogP contribution in [0.1, 0.15) is 23.2 Å². The fourth-order valence-electron chi connectivity index (χ4n) is 3.82. The lowest BCUT2D eigenvalue weighted by atomic mass is 9.96. The molecule has 1 unspecified atom stereocenters. The van der Waals surface area contributed by atoms with Gasteiger partial charge in [0.1, 0.15) is 0 Å². The van der Waals surface area contributed by atoms with Gasteiger partial charge in [-0.05, 0) is 49.2 Å². The Kier molecular flexibility index (Phi) is 6.85. The molecular weight excluding hydrogens is 434 g/mol. The van der Waals surface area contributed by atoms with Crippen LogP contribution in [-0.4, -0.2) is 55.0 Å². The molecule has 2 heterocycles. The van der Waals surface area contributed by atoms with E-state index < -0.39 is 0 Å². The molecule has 1 aromatic heterocycles. The van der Waals surface area contributed by atoms with E-state index in [0.29, 0.717) is 42.0 Å². The van der Waals surface area contributed by atoms with Crippen molar-refractivity contribution in [2.45, 2.75) is 12.8 Å². The molecule has 0 N–H and O–H groups in total. The van der Waals surface area contributed by atoms with Gasteiger partial charge in [-0.25, -0.2) is 4.98 Å². The second-order valence-electron chi connectivity index (χ2n) is 7.54. The summed E-state index contributed by atoms with van der Waals surface area (Å²) in [6.07, 6.45) is 1.53. The Morgan fingerprint density at radius 1 is 1.23 bits per heavy atom. The van der Waals surface area contributed by atoms with Gasteiger partial charge in [0.05, 0.1) is 29.3 Å². The number of hydrogen-bond acceptors (Lipinski definition) is 5. The quantitative estimate of drug-likeness (QED) is 0.547. The number of aromatic nitrogens is 1. The van der Waals surface area contributed by atoms with Gasteiger partial charge in [0, 0.05) is 30.8 Å². The molecule has 4 rings (SSSR count). The fraction of sp³-hybridized carbons (Fsp3) is 0.348. The average molecular weight is 458 g/mol. The largest absolute Gasteiger partial charge is 0.383 e. The Hall–Kier alpha value is -2.48. The van der Waals surface area contributed by atoms with Crippen molar-refractivity contribution in [2.75, 3.05) is 38.3 Å². The van der Waals surface area contributed by atoms with Crippen molar-refractivity contribution in [1.29, 1.82) is 0 Å². The van der Waals surface area contributed by atoms with Crippen molar-refractivity contribution < 1.29 is 14.3 Å². The summed E-state index contributed by atoms with van der Waals surface area (Å²) in [6.45, 7) is 1.89. The molecule has 1 atom stereocenters. The van der Waals surface area contributed by atoms with E-state index in [1.807, 2.05) is 24.3 Å². The third kappa shape index (κ3) is 4.89. The van der Waals surface area contributed by atoms with Crippen LogP contribution in [0.4, 0.5) is 5.13 Å². The summed E-state index contributed by atoms with van der Waals surface area (Å²) in [5.41, 5.74) is 1.46. The number of rotatable bonds is 6. The Morgan fingerprint density at radius 2 is 2.00 bits per heavy atom. The number of nitrogens with zero attached hydrogens (tertiary/aromatic N) is 3. The number of likely N-dealkylation sites (tertiary alicyclic amines) is 1. The summed E-state index contributed by atoms with van der Waals surface area (Å²) in [5, 5.41) is 1.26. The number of anilines is 1. The molecule has 0 spiro atoms. The van der Waals surface area contributed by atoms with Crippen molar-refractivity contribution in [3.05, 3.63) is 59.1 Å². The maximum absolute atomic E-state index is 13.5. The molecule has 0 aliphatic carbocycles. The normalized spacial score (nSPS) is 16.5. The van der Waals surface area contributed by atoms with E-state index in [2.05, 4.69) is 4.98 Å². The van der Waals surface area contributed by atoms with Crippen molar-refractivity contribution in [1.82, 2.24) is 9.88 Å². The minimum atomic E-state index is -0.270. The highest BCUT2D eigenvalue weighted by Gasteiger charge is 2.33. The van der Waals surface area contributed by atoms with Gasteiger partial charge in [0.25, 0.3) is 5.91 Å². The number of ether oxygens (including phenoxy) is 1. The zero-order valence-electron chi connectivity index (χ0n) is 17.3. The molecule has 2 aromatic carbocycles. The highest BCUT2D eigenvalue weighted by atomic mass is 35.5. The SMILES string of the molecule is COCCN(C(=O)C1CCCN(C(=O)c2ccc(Cl)cc2)C1)c1nc2ccccc2s1. The first-order chi connectivity index (χ1) is 15.1. The smallest absolute Gasteiger partial charge is 0.253 e. The van der Waals surface area contributed by atoms with Crippen LogP contribution in [0.5, 0.6) is 0 Å². The Balaban J connectivity index is 1.53. The molecule has 1 fully saturated rings. The van der Waals surface area contributed by atoms with E-state index in [-0.39, 0.29) is 17.7 Å².